The summed E-state index contributed by atoms with van der Waals surface area (Å²) in [6.45, 7) is 0. The summed E-state index contributed by atoms with van der Waals surface area (Å²) >= 11 is 0. The highest BCUT2D eigenvalue weighted by molar-refractivity contribution is 6.05. The molecule has 23 heavy (non-hydrogen) atoms. The molecule has 0 saturated heterocycles. The summed E-state index contributed by atoms with van der Waals surface area (Å²) in [7, 11) is 0. The number of hydrogen-bond donors (Lipinski definition) is 1. The summed E-state index contributed by atoms with van der Waals surface area (Å²) < 4.78 is 4.68. The molecule has 8 heteroatoms. The summed E-state index contributed by atoms with van der Waals surface area (Å²) in [6.07, 6.45) is 0. The summed E-state index contributed by atoms with van der Waals surface area (Å²) in [4.78, 5) is 22.4. The topological polar surface area (TPSA) is 111 Å². The van der Waals surface area contributed by atoms with Crippen molar-refractivity contribution in [3.63, 3.8) is 0 Å². The van der Waals surface area contributed by atoms with Crippen LogP contribution in [0.5, 0.6) is 0 Å². The van der Waals surface area contributed by atoms with E-state index < -0.39 is 10.8 Å². The minimum absolute atomic E-state index is 0.140. The van der Waals surface area contributed by atoms with Crippen LogP contribution in [0.15, 0.2) is 59.2 Å². The zero-order chi connectivity index (χ0) is 16.2. The van der Waals surface area contributed by atoms with E-state index in [-0.39, 0.29) is 17.1 Å². The molecule has 1 aromatic heterocycles. The first-order valence-electron chi connectivity index (χ1n) is 6.59. The van der Waals surface area contributed by atoms with Crippen LogP contribution in [0.2, 0.25) is 0 Å². The van der Waals surface area contributed by atoms with Crippen LogP contribution in [0.4, 0.5) is 11.5 Å². The SMILES string of the molecule is O=C(Nc1nonc1-c1ccccc1)c1cccc([N+](=O)[O-])c1. The molecule has 2 aromatic carbocycles. The number of carbonyl (C=O) groups excluding carboxylic acids is 1. The van der Waals surface area contributed by atoms with Crippen LogP contribution in [0.25, 0.3) is 11.3 Å². The first kappa shape index (κ1) is 14.4. The van der Waals surface area contributed by atoms with Crippen molar-refractivity contribution < 1.29 is 14.3 Å². The van der Waals surface area contributed by atoms with Gasteiger partial charge in [-0.05, 0) is 16.4 Å². The number of nitrogens with one attached hydrogen (secondary N) is 1. The lowest BCUT2D eigenvalue weighted by Crippen LogP contribution is -2.13. The number of non-ortho nitro benzene ring substituents is 1. The second-order valence-electron chi connectivity index (χ2n) is 4.59. The van der Waals surface area contributed by atoms with Gasteiger partial charge in [-0.2, -0.15) is 0 Å². The van der Waals surface area contributed by atoms with Gasteiger partial charge >= 0.3 is 0 Å². The monoisotopic (exact) mass is 310 g/mol. The lowest BCUT2D eigenvalue weighted by Gasteiger charge is -2.03. The maximum atomic E-state index is 12.2. The van der Waals surface area contributed by atoms with Crippen molar-refractivity contribution in [3.05, 3.63) is 70.3 Å². The van der Waals surface area contributed by atoms with Gasteiger partial charge in [0.1, 0.15) is 0 Å². The van der Waals surface area contributed by atoms with Crippen molar-refractivity contribution in [1.29, 1.82) is 0 Å². The Hall–Kier alpha value is -3.55. The molecule has 0 radical (unpaired) electrons. The lowest BCUT2D eigenvalue weighted by molar-refractivity contribution is -0.384. The average molecular weight is 310 g/mol. The molecule has 0 fully saturated rings. The van der Waals surface area contributed by atoms with Gasteiger partial charge in [0, 0.05) is 23.3 Å². The third-order valence-electron chi connectivity index (χ3n) is 3.09. The van der Waals surface area contributed by atoms with E-state index in [4.69, 9.17) is 0 Å². The summed E-state index contributed by atoms with van der Waals surface area (Å²) in [5.41, 5.74) is 1.08. The third kappa shape index (κ3) is 3.05. The van der Waals surface area contributed by atoms with Gasteiger partial charge in [-0.3, -0.25) is 14.9 Å². The number of rotatable bonds is 4. The largest absolute Gasteiger partial charge is 0.302 e. The zero-order valence-corrected chi connectivity index (χ0v) is 11.7. The number of nitro groups is 1. The number of hydrogen-bond acceptors (Lipinski definition) is 6. The number of nitro benzene ring substituents is 1. The number of amides is 1. The fourth-order valence-electron chi connectivity index (χ4n) is 2.00. The normalized spacial score (nSPS) is 10.3. The van der Waals surface area contributed by atoms with E-state index in [1.54, 1.807) is 12.1 Å². The van der Waals surface area contributed by atoms with Crippen molar-refractivity contribution >= 4 is 17.4 Å². The van der Waals surface area contributed by atoms with Gasteiger partial charge in [0.2, 0.25) is 5.82 Å². The van der Waals surface area contributed by atoms with Crippen LogP contribution < -0.4 is 5.32 Å². The Kier molecular flexibility index (Phi) is 3.79. The van der Waals surface area contributed by atoms with E-state index in [0.29, 0.717) is 5.69 Å². The smallest absolute Gasteiger partial charge is 0.270 e. The minimum atomic E-state index is -0.566. The first-order chi connectivity index (χ1) is 11.1. The molecule has 1 N–H and O–H groups in total. The molecular weight excluding hydrogens is 300 g/mol. The molecule has 3 rings (SSSR count). The molecule has 0 atom stereocenters. The molecule has 1 heterocycles. The highest BCUT2D eigenvalue weighted by atomic mass is 16.6. The minimum Gasteiger partial charge on any atom is -0.302 e. The molecule has 0 saturated carbocycles. The van der Waals surface area contributed by atoms with Crippen molar-refractivity contribution in [2.45, 2.75) is 0 Å². The van der Waals surface area contributed by atoms with Crippen LogP contribution in [-0.4, -0.2) is 21.1 Å². The quantitative estimate of drug-likeness (QED) is 0.586. The van der Waals surface area contributed by atoms with Crippen LogP contribution >= 0.6 is 0 Å². The van der Waals surface area contributed by atoms with Crippen LogP contribution in [-0.2, 0) is 0 Å². The van der Waals surface area contributed by atoms with Crippen molar-refractivity contribution in [2.24, 2.45) is 0 Å². The Morgan fingerprint density at radius 2 is 1.87 bits per heavy atom. The Balaban J connectivity index is 1.86. The Morgan fingerprint density at radius 3 is 2.61 bits per heavy atom. The van der Waals surface area contributed by atoms with E-state index >= 15 is 0 Å². The Labute approximate surface area is 129 Å². The molecule has 0 aliphatic rings. The number of nitrogens with zero attached hydrogens (tertiary/aromatic N) is 3. The second-order valence-corrected chi connectivity index (χ2v) is 4.59. The molecule has 8 nitrogen and oxygen atoms in total. The predicted octanol–water partition coefficient (Wildman–Crippen LogP) is 2.90. The Bertz CT molecular complexity index is 861. The number of carbonyl (C=O) groups is 1. The fourth-order valence-corrected chi connectivity index (χ4v) is 2.00. The predicted molar refractivity (Wildman–Crippen MR) is 80.8 cm³/mol. The standard InChI is InChI=1S/C15H10N4O4/c20-15(11-7-4-8-12(9-11)19(21)22)16-14-13(17-23-18-14)10-5-2-1-3-6-10/h1-9H,(H,16,18,20). The van der Waals surface area contributed by atoms with E-state index in [1.165, 1.54) is 24.3 Å². The molecule has 0 spiro atoms. The summed E-state index contributed by atoms with van der Waals surface area (Å²) in [6, 6.07) is 14.5. The zero-order valence-electron chi connectivity index (χ0n) is 11.7. The second kappa shape index (κ2) is 6.06. The highest BCUT2D eigenvalue weighted by Crippen LogP contribution is 2.24. The maximum absolute atomic E-state index is 12.2. The molecular formula is C15H10N4O4. The van der Waals surface area contributed by atoms with Gasteiger partial charge in [-0.15, -0.1) is 0 Å². The first-order valence-corrected chi connectivity index (χ1v) is 6.59. The fraction of sp³-hybridized carbons (Fsp3) is 0. The van der Waals surface area contributed by atoms with Gasteiger partial charge in [0.05, 0.1) is 4.92 Å². The van der Waals surface area contributed by atoms with E-state index in [0.717, 1.165) is 5.56 Å². The van der Waals surface area contributed by atoms with Gasteiger partial charge in [-0.1, -0.05) is 36.4 Å². The van der Waals surface area contributed by atoms with Crippen molar-refractivity contribution in [2.75, 3.05) is 5.32 Å². The number of aromatic nitrogens is 2. The molecule has 114 valence electrons. The molecule has 0 bridgehead atoms. The van der Waals surface area contributed by atoms with Crippen molar-refractivity contribution in [1.82, 2.24) is 10.3 Å². The van der Waals surface area contributed by atoms with Crippen LogP contribution in [0.3, 0.4) is 0 Å². The van der Waals surface area contributed by atoms with E-state index in [9.17, 15) is 14.9 Å². The van der Waals surface area contributed by atoms with Gasteiger partial charge in [-0.25, -0.2) is 4.63 Å². The van der Waals surface area contributed by atoms with Gasteiger partial charge in [0.15, 0.2) is 5.69 Å². The average Bonchev–Trinajstić information content (AvgIpc) is 3.04. The maximum Gasteiger partial charge on any atom is 0.270 e. The number of anilines is 1. The van der Waals surface area contributed by atoms with E-state index in [1.807, 2.05) is 18.2 Å². The lowest BCUT2D eigenvalue weighted by atomic mass is 10.1. The molecule has 3 aromatic rings. The van der Waals surface area contributed by atoms with Gasteiger partial charge < -0.3 is 5.32 Å². The molecule has 0 aliphatic heterocycles. The Morgan fingerprint density at radius 1 is 1.09 bits per heavy atom. The molecule has 0 unspecified atom stereocenters. The van der Waals surface area contributed by atoms with Crippen LogP contribution in [0, 0.1) is 10.1 Å². The molecule has 0 aliphatic carbocycles. The molecule has 1 amide bonds. The summed E-state index contributed by atoms with van der Waals surface area (Å²) in [5.74, 6) is -0.394. The third-order valence-corrected chi connectivity index (χ3v) is 3.09. The van der Waals surface area contributed by atoms with Gasteiger partial charge in [0.25, 0.3) is 11.6 Å². The summed E-state index contributed by atoms with van der Waals surface area (Å²) in [5, 5.41) is 20.7. The van der Waals surface area contributed by atoms with Crippen LogP contribution in [0.1, 0.15) is 10.4 Å². The number of benzene rings is 2. The van der Waals surface area contributed by atoms with E-state index in [2.05, 4.69) is 20.3 Å². The highest BCUT2D eigenvalue weighted by Gasteiger charge is 2.17. The van der Waals surface area contributed by atoms with Crippen molar-refractivity contribution in [3.8, 4) is 11.3 Å².